The van der Waals surface area contributed by atoms with E-state index in [1.165, 1.54) is 25.6 Å². The predicted molar refractivity (Wildman–Crippen MR) is 65.9 cm³/mol. The van der Waals surface area contributed by atoms with Crippen molar-refractivity contribution < 1.29 is 19.5 Å². The van der Waals surface area contributed by atoms with E-state index < -0.39 is 12.0 Å². The number of thioether (sulfide) groups is 1. The van der Waals surface area contributed by atoms with Crippen molar-refractivity contribution in [1.82, 2.24) is 10.6 Å². The molecule has 17 heavy (non-hydrogen) atoms. The molecule has 0 saturated heterocycles. The van der Waals surface area contributed by atoms with Crippen LogP contribution in [-0.2, 0) is 14.4 Å². The van der Waals surface area contributed by atoms with Gasteiger partial charge in [-0.3, -0.25) is 9.59 Å². The zero-order valence-corrected chi connectivity index (χ0v) is 10.8. The summed E-state index contributed by atoms with van der Waals surface area (Å²) in [5.74, 6) is -0.0985. The van der Waals surface area contributed by atoms with E-state index in [9.17, 15) is 14.4 Å². The molecule has 0 spiro atoms. The van der Waals surface area contributed by atoms with Gasteiger partial charge in [0, 0.05) is 26.1 Å². The van der Waals surface area contributed by atoms with Crippen LogP contribution in [0.4, 0.5) is 0 Å². The fourth-order valence-corrected chi connectivity index (χ4v) is 1.96. The molecular formula is C10H18N2O4S. The van der Waals surface area contributed by atoms with Crippen molar-refractivity contribution in [3.8, 4) is 0 Å². The van der Waals surface area contributed by atoms with Gasteiger partial charge in [-0.15, -0.1) is 0 Å². The molecule has 98 valence electrons. The summed E-state index contributed by atoms with van der Waals surface area (Å²) in [6, 6.07) is -0.833. The summed E-state index contributed by atoms with van der Waals surface area (Å²) in [5.41, 5.74) is 0. The van der Waals surface area contributed by atoms with Crippen LogP contribution in [0.1, 0.15) is 20.3 Å². The van der Waals surface area contributed by atoms with Crippen LogP contribution in [-0.4, -0.2) is 47.0 Å². The third kappa shape index (κ3) is 9.68. The van der Waals surface area contributed by atoms with Crippen LogP contribution in [0.2, 0.25) is 0 Å². The number of hydrogen-bond acceptors (Lipinski definition) is 4. The first kappa shape index (κ1) is 15.8. The average Bonchev–Trinajstić information content (AvgIpc) is 2.20. The van der Waals surface area contributed by atoms with Gasteiger partial charge in [-0.2, -0.15) is 11.8 Å². The third-order valence-corrected chi connectivity index (χ3v) is 2.86. The largest absolute Gasteiger partial charge is 0.480 e. The summed E-state index contributed by atoms with van der Waals surface area (Å²) < 4.78 is 0. The maximum absolute atomic E-state index is 10.8. The van der Waals surface area contributed by atoms with E-state index in [1.54, 1.807) is 0 Å². The summed E-state index contributed by atoms with van der Waals surface area (Å²) in [7, 11) is 0. The molecule has 0 heterocycles. The molecule has 0 radical (unpaired) electrons. The van der Waals surface area contributed by atoms with Crippen molar-refractivity contribution in [2.24, 2.45) is 0 Å². The number of carboxylic acids is 1. The number of carbonyl (C=O) groups excluding carboxylic acids is 2. The molecule has 6 nitrogen and oxygen atoms in total. The standard InChI is InChI=1S/C10H18N2O4S/c1-7(13)11-4-6-17-5-3-9(10(15)16)12-8(2)14/h9H,3-6H2,1-2H3,(H,11,13)(H,12,14)(H,15,16). The van der Waals surface area contributed by atoms with Crippen LogP contribution in [0.15, 0.2) is 0 Å². The number of aliphatic carboxylic acids is 1. The van der Waals surface area contributed by atoms with Crippen LogP contribution in [0, 0.1) is 0 Å². The number of carboxylic acid groups (broad SMARTS) is 1. The summed E-state index contributed by atoms with van der Waals surface area (Å²) in [4.78, 5) is 32.1. The van der Waals surface area contributed by atoms with E-state index in [4.69, 9.17) is 5.11 Å². The minimum Gasteiger partial charge on any atom is -0.480 e. The lowest BCUT2D eigenvalue weighted by molar-refractivity contribution is -0.141. The van der Waals surface area contributed by atoms with Crippen LogP contribution in [0.25, 0.3) is 0 Å². The second-order valence-corrected chi connectivity index (χ2v) is 4.70. The molecule has 2 amide bonds. The fourth-order valence-electron chi connectivity index (χ4n) is 1.11. The summed E-state index contributed by atoms with van der Waals surface area (Å²) >= 11 is 1.54. The molecule has 1 unspecified atom stereocenters. The summed E-state index contributed by atoms with van der Waals surface area (Å²) in [5, 5.41) is 13.8. The van der Waals surface area contributed by atoms with Gasteiger partial charge < -0.3 is 15.7 Å². The Labute approximate surface area is 105 Å². The number of hydrogen-bond donors (Lipinski definition) is 3. The van der Waals surface area contributed by atoms with Gasteiger partial charge >= 0.3 is 5.97 Å². The predicted octanol–water partition coefficient (Wildman–Crippen LogP) is -0.165. The van der Waals surface area contributed by atoms with Crippen molar-refractivity contribution in [2.75, 3.05) is 18.1 Å². The number of amides is 2. The van der Waals surface area contributed by atoms with Gasteiger partial charge in [-0.25, -0.2) is 4.79 Å². The Balaban J connectivity index is 3.65. The van der Waals surface area contributed by atoms with Gasteiger partial charge in [-0.05, 0) is 12.2 Å². The second kappa shape index (κ2) is 8.86. The molecule has 0 aliphatic heterocycles. The highest BCUT2D eigenvalue weighted by atomic mass is 32.2. The molecule has 0 aliphatic rings. The Morgan fingerprint density at radius 3 is 2.29 bits per heavy atom. The van der Waals surface area contributed by atoms with Crippen LogP contribution >= 0.6 is 11.8 Å². The van der Waals surface area contributed by atoms with Crippen molar-refractivity contribution >= 4 is 29.5 Å². The molecule has 0 saturated carbocycles. The number of rotatable bonds is 8. The maximum atomic E-state index is 10.8. The van der Waals surface area contributed by atoms with Gasteiger partial charge in [0.2, 0.25) is 11.8 Å². The van der Waals surface area contributed by atoms with Gasteiger partial charge in [0.15, 0.2) is 0 Å². The van der Waals surface area contributed by atoms with E-state index in [2.05, 4.69) is 10.6 Å². The van der Waals surface area contributed by atoms with E-state index in [-0.39, 0.29) is 11.8 Å². The van der Waals surface area contributed by atoms with Crippen molar-refractivity contribution in [2.45, 2.75) is 26.3 Å². The zero-order chi connectivity index (χ0) is 13.3. The van der Waals surface area contributed by atoms with Gasteiger partial charge in [0.1, 0.15) is 6.04 Å². The van der Waals surface area contributed by atoms with Crippen molar-refractivity contribution in [3.63, 3.8) is 0 Å². The Morgan fingerprint density at radius 2 is 1.82 bits per heavy atom. The Morgan fingerprint density at radius 1 is 1.18 bits per heavy atom. The smallest absolute Gasteiger partial charge is 0.326 e. The summed E-state index contributed by atoms with van der Waals surface area (Å²) in [6.45, 7) is 3.31. The first-order valence-corrected chi connectivity index (χ1v) is 6.41. The molecule has 0 aromatic carbocycles. The molecule has 0 rings (SSSR count). The molecule has 0 aromatic heterocycles. The highest BCUT2D eigenvalue weighted by molar-refractivity contribution is 7.99. The van der Waals surface area contributed by atoms with Crippen LogP contribution in [0.3, 0.4) is 0 Å². The highest BCUT2D eigenvalue weighted by Crippen LogP contribution is 2.04. The molecule has 0 fully saturated rings. The molecule has 0 bridgehead atoms. The molecule has 1 atom stereocenters. The second-order valence-electron chi connectivity index (χ2n) is 3.48. The topological polar surface area (TPSA) is 95.5 Å². The van der Waals surface area contributed by atoms with Crippen LogP contribution in [0.5, 0.6) is 0 Å². The fraction of sp³-hybridized carbons (Fsp3) is 0.700. The minimum atomic E-state index is -1.03. The number of carbonyl (C=O) groups is 3. The first-order valence-electron chi connectivity index (χ1n) is 5.25. The Kier molecular flexibility index (Phi) is 8.21. The van der Waals surface area contributed by atoms with E-state index >= 15 is 0 Å². The molecule has 0 aromatic rings. The molecular weight excluding hydrogens is 244 g/mol. The van der Waals surface area contributed by atoms with Crippen LogP contribution < -0.4 is 10.6 Å². The Hall–Kier alpha value is -1.24. The lowest BCUT2D eigenvalue weighted by Gasteiger charge is -2.12. The quantitative estimate of drug-likeness (QED) is 0.528. The molecule has 3 N–H and O–H groups in total. The SMILES string of the molecule is CC(=O)NCCSCCC(NC(C)=O)C(=O)O. The van der Waals surface area contributed by atoms with Crippen molar-refractivity contribution in [1.29, 1.82) is 0 Å². The lowest BCUT2D eigenvalue weighted by atomic mass is 10.2. The maximum Gasteiger partial charge on any atom is 0.326 e. The highest BCUT2D eigenvalue weighted by Gasteiger charge is 2.17. The monoisotopic (exact) mass is 262 g/mol. The van der Waals surface area contributed by atoms with E-state index in [0.717, 1.165) is 5.75 Å². The normalized spacial score (nSPS) is 11.6. The average molecular weight is 262 g/mol. The van der Waals surface area contributed by atoms with Gasteiger partial charge in [0.25, 0.3) is 0 Å². The van der Waals surface area contributed by atoms with E-state index in [1.807, 2.05) is 0 Å². The molecule has 0 aliphatic carbocycles. The first-order chi connectivity index (χ1) is 7.93. The number of nitrogens with one attached hydrogen (secondary N) is 2. The van der Waals surface area contributed by atoms with E-state index in [0.29, 0.717) is 18.7 Å². The van der Waals surface area contributed by atoms with Crippen molar-refractivity contribution in [3.05, 3.63) is 0 Å². The molecule has 7 heteroatoms. The minimum absolute atomic E-state index is 0.0766. The summed E-state index contributed by atoms with van der Waals surface area (Å²) in [6.07, 6.45) is 0.375. The lowest BCUT2D eigenvalue weighted by Crippen LogP contribution is -2.40. The zero-order valence-electron chi connectivity index (χ0n) is 9.99. The Bertz CT molecular complexity index is 283. The van der Waals surface area contributed by atoms with Gasteiger partial charge in [0.05, 0.1) is 0 Å². The van der Waals surface area contributed by atoms with Gasteiger partial charge in [-0.1, -0.05) is 0 Å². The third-order valence-electron chi connectivity index (χ3n) is 1.85.